The van der Waals surface area contributed by atoms with E-state index in [0.717, 1.165) is 5.57 Å². The van der Waals surface area contributed by atoms with Gasteiger partial charge in [0.1, 0.15) is 6.04 Å². The van der Waals surface area contributed by atoms with Crippen LogP contribution >= 0.6 is 0 Å². The van der Waals surface area contributed by atoms with E-state index < -0.39 is 11.9 Å². The number of hydrogen-bond donors (Lipinski definition) is 2. The Kier molecular flexibility index (Phi) is 4.49. The Hall–Kier alpha value is -1.36. The fourth-order valence-corrected chi connectivity index (χ4v) is 1.60. The molecule has 5 nitrogen and oxygen atoms in total. The Morgan fingerprint density at radius 2 is 2.31 bits per heavy atom. The fraction of sp³-hybridized carbons (Fsp3) is 0.636. The standard InChI is InChI=1S/C11H18N2O3/c1-7(2)5-9(10(12)14)13-11(15)8-3-4-16-6-8/h8-9H,1,3-6H2,2H3,(H2,12,14)(H,13,15)/t8-,9-/m1/s1. The van der Waals surface area contributed by atoms with Gasteiger partial charge in [0, 0.05) is 6.61 Å². The van der Waals surface area contributed by atoms with Crippen molar-refractivity contribution in [1.82, 2.24) is 5.32 Å². The summed E-state index contributed by atoms with van der Waals surface area (Å²) in [6.45, 7) is 6.51. The highest BCUT2D eigenvalue weighted by atomic mass is 16.5. The van der Waals surface area contributed by atoms with Gasteiger partial charge in [-0.1, -0.05) is 5.57 Å². The Morgan fingerprint density at radius 1 is 1.62 bits per heavy atom. The van der Waals surface area contributed by atoms with Crippen LogP contribution in [-0.4, -0.2) is 31.1 Å². The number of primary amides is 1. The van der Waals surface area contributed by atoms with Crippen LogP contribution in [0.4, 0.5) is 0 Å². The minimum absolute atomic E-state index is 0.160. The van der Waals surface area contributed by atoms with Gasteiger partial charge in [0.25, 0.3) is 0 Å². The van der Waals surface area contributed by atoms with Crippen LogP contribution in [0.1, 0.15) is 19.8 Å². The summed E-state index contributed by atoms with van der Waals surface area (Å²) >= 11 is 0. The molecule has 5 heteroatoms. The third-order valence-electron chi connectivity index (χ3n) is 2.51. The van der Waals surface area contributed by atoms with Gasteiger partial charge in [-0.2, -0.15) is 0 Å². The van der Waals surface area contributed by atoms with Crippen LogP contribution in [0.15, 0.2) is 12.2 Å². The molecule has 0 unspecified atom stereocenters. The average molecular weight is 226 g/mol. The maximum absolute atomic E-state index is 11.7. The zero-order valence-corrected chi connectivity index (χ0v) is 9.49. The third-order valence-corrected chi connectivity index (χ3v) is 2.51. The molecular weight excluding hydrogens is 208 g/mol. The molecule has 0 saturated carbocycles. The van der Waals surface area contributed by atoms with Crippen LogP contribution < -0.4 is 11.1 Å². The van der Waals surface area contributed by atoms with Crippen molar-refractivity contribution in [2.75, 3.05) is 13.2 Å². The van der Waals surface area contributed by atoms with Gasteiger partial charge in [0.2, 0.25) is 11.8 Å². The van der Waals surface area contributed by atoms with E-state index in [-0.39, 0.29) is 11.8 Å². The zero-order valence-electron chi connectivity index (χ0n) is 9.49. The predicted molar refractivity (Wildman–Crippen MR) is 59.5 cm³/mol. The topological polar surface area (TPSA) is 81.4 Å². The minimum atomic E-state index is -0.661. The van der Waals surface area contributed by atoms with E-state index in [1.165, 1.54) is 0 Å². The molecule has 16 heavy (non-hydrogen) atoms. The summed E-state index contributed by atoms with van der Waals surface area (Å²) in [5.74, 6) is -0.857. The lowest BCUT2D eigenvalue weighted by atomic mass is 10.0. The van der Waals surface area contributed by atoms with E-state index >= 15 is 0 Å². The van der Waals surface area contributed by atoms with Crippen LogP contribution in [0.2, 0.25) is 0 Å². The molecule has 1 saturated heterocycles. The smallest absolute Gasteiger partial charge is 0.240 e. The lowest BCUT2D eigenvalue weighted by Gasteiger charge is -2.17. The maximum atomic E-state index is 11.7. The summed E-state index contributed by atoms with van der Waals surface area (Å²) in [5.41, 5.74) is 6.02. The van der Waals surface area contributed by atoms with Crippen LogP contribution in [-0.2, 0) is 14.3 Å². The molecule has 1 heterocycles. The Bertz CT molecular complexity index is 296. The van der Waals surface area contributed by atoms with Gasteiger partial charge in [0.15, 0.2) is 0 Å². The molecule has 1 fully saturated rings. The Labute approximate surface area is 95.0 Å². The first-order chi connectivity index (χ1) is 7.50. The van der Waals surface area contributed by atoms with E-state index in [2.05, 4.69) is 11.9 Å². The number of amides is 2. The number of ether oxygens (including phenoxy) is 1. The number of carbonyl (C=O) groups excluding carboxylic acids is 2. The van der Waals surface area contributed by atoms with E-state index in [1.807, 2.05) is 0 Å². The normalized spacial score (nSPS) is 21.4. The molecule has 3 N–H and O–H groups in total. The number of hydrogen-bond acceptors (Lipinski definition) is 3. The van der Waals surface area contributed by atoms with Gasteiger partial charge in [-0.05, 0) is 19.8 Å². The van der Waals surface area contributed by atoms with Crippen molar-refractivity contribution in [1.29, 1.82) is 0 Å². The van der Waals surface area contributed by atoms with Gasteiger partial charge in [-0.3, -0.25) is 9.59 Å². The molecular formula is C11H18N2O3. The molecule has 2 atom stereocenters. The maximum Gasteiger partial charge on any atom is 0.240 e. The van der Waals surface area contributed by atoms with Crippen molar-refractivity contribution in [3.8, 4) is 0 Å². The first-order valence-corrected chi connectivity index (χ1v) is 5.32. The summed E-state index contributed by atoms with van der Waals surface area (Å²) in [6.07, 6.45) is 1.08. The van der Waals surface area contributed by atoms with Gasteiger partial charge in [-0.25, -0.2) is 0 Å². The summed E-state index contributed by atoms with van der Waals surface area (Å²) in [4.78, 5) is 22.8. The second kappa shape index (κ2) is 5.65. The molecule has 90 valence electrons. The molecule has 0 aliphatic carbocycles. The molecule has 2 amide bonds. The second-order valence-corrected chi connectivity index (χ2v) is 4.19. The quantitative estimate of drug-likeness (QED) is 0.645. The molecule has 0 bridgehead atoms. The Balaban J connectivity index is 2.50. The SMILES string of the molecule is C=C(C)C[C@@H](NC(=O)[C@@H]1CCOC1)C(N)=O. The first kappa shape index (κ1) is 12.7. The number of nitrogens with two attached hydrogens (primary N) is 1. The summed E-state index contributed by atoms with van der Waals surface area (Å²) < 4.78 is 5.11. The minimum Gasteiger partial charge on any atom is -0.381 e. The van der Waals surface area contributed by atoms with Gasteiger partial charge in [0.05, 0.1) is 12.5 Å². The van der Waals surface area contributed by atoms with Crippen LogP contribution in [0.25, 0.3) is 0 Å². The van der Waals surface area contributed by atoms with Crippen molar-refractivity contribution >= 4 is 11.8 Å². The van der Waals surface area contributed by atoms with Crippen molar-refractivity contribution in [2.24, 2.45) is 11.7 Å². The molecule has 1 aliphatic heterocycles. The predicted octanol–water partition coefficient (Wildman–Crippen LogP) is -0.0408. The van der Waals surface area contributed by atoms with E-state index in [0.29, 0.717) is 26.1 Å². The van der Waals surface area contributed by atoms with Crippen LogP contribution in [0.3, 0.4) is 0 Å². The number of nitrogens with one attached hydrogen (secondary N) is 1. The molecule has 1 aliphatic rings. The molecule has 0 aromatic rings. The fourth-order valence-electron chi connectivity index (χ4n) is 1.60. The molecule has 0 aromatic carbocycles. The lowest BCUT2D eigenvalue weighted by Crippen LogP contribution is -2.46. The van der Waals surface area contributed by atoms with Crippen molar-refractivity contribution in [3.05, 3.63) is 12.2 Å². The molecule has 0 aromatic heterocycles. The molecule has 0 radical (unpaired) electrons. The van der Waals surface area contributed by atoms with Crippen LogP contribution in [0.5, 0.6) is 0 Å². The van der Waals surface area contributed by atoms with E-state index in [9.17, 15) is 9.59 Å². The monoisotopic (exact) mass is 226 g/mol. The van der Waals surface area contributed by atoms with Gasteiger partial charge >= 0.3 is 0 Å². The molecule has 0 spiro atoms. The first-order valence-electron chi connectivity index (χ1n) is 5.32. The summed E-state index contributed by atoms with van der Waals surface area (Å²) in [7, 11) is 0. The average Bonchev–Trinajstić information content (AvgIpc) is 2.68. The van der Waals surface area contributed by atoms with Crippen molar-refractivity contribution in [2.45, 2.75) is 25.8 Å². The lowest BCUT2D eigenvalue weighted by molar-refractivity contribution is -0.129. The third kappa shape index (κ3) is 3.66. The van der Waals surface area contributed by atoms with Crippen molar-refractivity contribution in [3.63, 3.8) is 0 Å². The highest BCUT2D eigenvalue weighted by molar-refractivity contribution is 5.87. The van der Waals surface area contributed by atoms with Crippen LogP contribution in [0, 0.1) is 5.92 Å². The number of rotatable bonds is 5. The molecule has 1 rings (SSSR count). The Morgan fingerprint density at radius 3 is 2.75 bits per heavy atom. The van der Waals surface area contributed by atoms with E-state index in [4.69, 9.17) is 10.5 Å². The second-order valence-electron chi connectivity index (χ2n) is 4.19. The van der Waals surface area contributed by atoms with Gasteiger partial charge < -0.3 is 15.8 Å². The van der Waals surface area contributed by atoms with E-state index in [1.54, 1.807) is 6.92 Å². The summed E-state index contributed by atoms with van der Waals surface area (Å²) in [5, 5.41) is 2.64. The summed E-state index contributed by atoms with van der Waals surface area (Å²) in [6, 6.07) is -0.661. The zero-order chi connectivity index (χ0) is 12.1. The largest absolute Gasteiger partial charge is 0.381 e. The number of carbonyl (C=O) groups is 2. The highest BCUT2D eigenvalue weighted by Gasteiger charge is 2.27. The highest BCUT2D eigenvalue weighted by Crippen LogP contribution is 2.13. The van der Waals surface area contributed by atoms with Gasteiger partial charge in [-0.15, -0.1) is 6.58 Å². The van der Waals surface area contributed by atoms with Crippen molar-refractivity contribution < 1.29 is 14.3 Å².